The summed E-state index contributed by atoms with van der Waals surface area (Å²) < 4.78 is 21.7. The van der Waals surface area contributed by atoms with E-state index in [9.17, 15) is 0 Å². The second-order valence-corrected chi connectivity index (χ2v) is 8.44. The van der Waals surface area contributed by atoms with Gasteiger partial charge in [-0.05, 0) is 42.4 Å². The predicted molar refractivity (Wildman–Crippen MR) is 138 cm³/mol. The Kier molecular flexibility index (Phi) is 10.6. The number of hydrogen-bond donors (Lipinski definition) is 1. The summed E-state index contributed by atoms with van der Waals surface area (Å²) in [6.07, 6.45) is 3.68. The highest BCUT2D eigenvalue weighted by molar-refractivity contribution is 14.0. The standard InChI is InChI=1S/C23H38N4O4.HI/c1-24-22(25-17-23(6-7-23)8-13-28-2)27-11-9-26(10-12-27)16-18-14-19(29-3)21(31-5)20(15-18)30-4;/h14-15H,6-13,16-17H2,1-5H3,(H,24,25);1H. The van der Waals surface area contributed by atoms with Crippen LogP contribution in [0.3, 0.4) is 0 Å². The third kappa shape index (κ3) is 6.77. The predicted octanol–water partition coefficient (Wildman–Crippen LogP) is 2.84. The van der Waals surface area contributed by atoms with Crippen molar-refractivity contribution in [1.29, 1.82) is 0 Å². The SMILES string of the molecule is CN=C(NCC1(CCOC)CC1)N1CCN(Cc2cc(OC)c(OC)c(OC)c2)CC1.I. The van der Waals surface area contributed by atoms with Crippen LogP contribution >= 0.6 is 24.0 Å². The van der Waals surface area contributed by atoms with Crippen molar-refractivity contribution >= 4 is 29.9 Å². The summed E-state index contributed by atoms with van der Waals surface area (Å²) in [6.45, 7) is 6.52. The number of halogens is 1. The Balaban J connectivity index is 0.00000363. The monoisotopic (exact) mass is 562 g/mol. The van der Waals surface area contributed by atoms with Gasteiger partial charge in [0.2, 0.25) is 5.75 Å². The summed E-state index contributed by atoms with van der Waals surface area (Å²) >= 11 is 0. The average Bonchev–Trinajstić information content (AvgIpc) is 3.58. The van der Waals surface area contributed by atoms with Crippen LogP contribution in [0, 0.1) is 5.41 Å². The van der Waals surface area contributed by atoms with Gasteiger partial charge in [0.1, 0.15) is 0 Å². The van der Waals surface area contributed by atoms with E-state index in [1.54, 1.807) is 28.4 Å². The molecule has 1 aliphatic carbocycles. The van der Waals surface area contributed by atoms with Crippen LogP contribution in [0.5, 0.6) is 17.2 Å². The first kappa shape index (κ1) is 26.8. The molecule has 1 saturated carbocycles. The molecule has 0 bridgehead atoms. The van der Waals surface area contributed by atoms with Gasteiger partial charge in [-0.3, -0.25) is 9.89 Å². The molecule has 0 amide bonds. The molecule has 9 heteroatoms. The summed E-state index contributed by atoms with van der Waals surface area (Å²) in [5.41, 5.74) is 1.56. The van der Waals surface area contributed by atoms with Crippen LogP contribution in [0.4, 0.5) is 0 Å². The fourth-order valence-corrected chi connectivity index (χ4v) is 4.21. The molecule has 2 fully saturated rings. The number of hydrogen-bond acceptors (Lipinski definition) is 6. The topological polar surface area (TPSA) is 67.8 Å². The minimum absolute atomic E-state index is 0. The number of nitrogens with one attached hydrogen (secondary N) is 1. The largest absolute Gasteiger partial charge is 0.493 e. The molecule has 8 nitrogen and oxygen atoms in total. The van der Waals surface area contributed by atoms with Gasteiger partial charge in [0.25, 0.3) is 0 Å². The molecule has 1 aromatic carbocycles. The number of aliphatic imine (C=N–C) groups is 1. The molecule has 1 aromatic rings. The number of piperazine rings is 1. The molecule has 1 heterocycles. The van der Waals surface area contributed by atoms with Gasteiger partial charge in [-0.1, -0.05) is 0 Å². The zero-order valence-electron chi connectivity index (χ0n) is 20.1. The molecular formula is C23H39IN4O4. The third-order valence-electron chi connectivity index (χ3n) is 6.43. The van der Waals surface area contributed by atoms with Gasteiger partial charge >= 0.3 is 0 Å². The number of nitrogens with zero attached hydrogens (tertiary/aromatic N) is 3. The van der Waals surface area contributed by atoms with Crippen LogP contribution in [0.1, 0.15) is 24.8 Å². The highest BCUT2D eigenvalue weighted by Crippen LogP contribution is 2.48. The van der Waals surface area contributed by atoms with Crippen LogP contribution < -0.4 is 19.5 Å². The lowest BCUT2D eigenvalue weighted by Gasteiger charge is -2.37. The molecule has 0 radical (unpaired) electrons. The van der Waals surface area contributed by atoms with Crippen molar-refractivity contribution in [3.05, 3.63) is 17.7 Å². The van der Waals surface area contributed by atoms with Crippen molar-refractivity contribution in [1.82, 2.24) is 15.1 Å². The van der Waals surface area contributed by atoms with Crippen molar-refractivity contribution in [2.24, 2.45) is 10.4 Å². The first-order valence-electron chi connectivity index (χ1n) is 11.0. The third-order valence-corrected chi connectivity index (χ3v) is 6.43. The van der Waals surface area contributed by atoms with E-state index in [-0.39, 0.29) is 24.0 Å². The molecule has 1 N–H and O–H groups in total. The van der Waals surface area contributed by atoms with Gasteiger partial charge in [-0.15, -0.1) is 24.0 Å². The highest BCUT2D eigenvalue weighted by Gasteiger charge is 2.42. The van der Waals surface area contributed by atoms with E-state index in [2.05, 4.69) is 20.1 Å². The lowest BCUT2D eigenvalue weighted by molar-refractivity contribution is 0.166. The molecule has 1 saturated heterocycles. The lowest BCUT2D eigenvalue weighted by atomic mass is 10.0. The molecule has 32 heavy (non-hydrogen) atoms. The van der Waals surface area contributed by atoms with E-state index in [0.717, 1.165) is 63.8 Å². The maximum absolute atomic E-state index is 5.49. The smallest absolute Gasteiger partial charge is 0.203 e. The number of benzene rings is 1. The van der Waals surface area contributed by atoms with Gasteiger partial charge in [0.05, 0.1) is 21.3 Å². The minimum atomic E-state index is 0. The molecule has 182 valence electrons. The van der Waals surface area contributed by atoms with Gasteiger partial charge < -0.3 is 29.2 Å². The van der Waals surface area contributed by atoms with E-state index < -0.39 is 0 Å². The quantitative estimate of drug-likeness (QED) is 0.267. The van der Waals surface area contributed by atoms with E-state index in [1.165, 1.54) is 12.8 Å². The number of methoxy groups -OCH3 is 4. The minimum Gasteiger partial charge on any atom is -0.493 e. The zero-order valence-corrected chi connectivity index (χ0v) is 22.4. The van der Waals surface area contributed by atoms with Crippen molar-refractivity contribution in [3.8, 4) is 17.2 Å². The number of guanidine groups is 1. The zero-order chi connectivity index (χ0) is 22.3. The van der Waals surface area contributed by atoms with Gasteiger partial charge in [0, 0.05) is 60.0 Å². The molecular weight excluding hydrogens is 523 g/mol. The first-order valence-corrected chi connectivity index (χ1v) is 11.0. The van der Waals surface area contributed by atoms with Crippen molar-refractivity contribution < 1.29 is 18.9 Å². The van der Waals surface area contributed by atoms with E-state index in [0.29, 0.717) is 22.7 Å². The van der Waals surface area contributed by atoms with E-state index in [1.807, 2.05) is 19.2 Å². The molecule has 0 aromatic heterocycles. The Morgan fingerprint density at radius 3 is 2.09 bits per heavy atom. The van der Waals surface area contributed by atoms with Gasteiger partial charge in [-0.2, -0.15) is 0 Å². The fraction of sp³-hybridized carbons (Fsp3) is 0.696. The van der Waals surface area contributed by atoms with Crippen LogP contribution in [0.25, 0.3) is 0 Å². The number of rotatable bonds is 10. The van der Waals surface area contributed by atoms with Crippen molar-refractivity contribution in [2.45, 2.75) is 25.8 Å². The second-order valence-electron chi connectivity index (χ2n) is 8.44. The average molecular weight is 562 g/mol. The first-order chi connectivity index (χ1) is 15.1. The Labute approximate surface area is 209 Å². The van der Waals surface area contributed by atoms with Crippen LogP contribution in [0.2, 0.25) is 0 Å². The van der Waals surface area contributed by atoms with Crippen molar-refractivity contribution in [2.75, 3.05) is 74.8 Å². The molecule has 3 rings (SSSR count). The van der Waals surface area contributed by atoms with Gasteiger partial charge in [-0.25, -0.2) is 0 Å². The van der Waals surface area contributed by atoms with E-state index in [4.69, 9.17) is 18.9 Å². The molecule has 0 atom stereocenters. The Morgan fingerprint density at radius 2 is 1.62 bits per heavy atom. The Hall–Kier alpha value is -1.46. The molecule has 0 unspecified atom stereocenters. The Morgan fingerprint density at radius 1 is 1.00 bits per heavy atom. The van der Waals surface area contributed by atoms with Crippen molar-refractivity contribution in [3.63, 3.8) is 0 Å². The van der Waals surface area contributed by atoms with Gasteiger partial charge in [0.15, 0.2) is 17.5 Å². The molecule has 1 aliphatic heterocycles. The van der Waals surface area contributed by atoms with Crippen LogP contribution in [0.15, 0.2) is 17.1 Å². The second kappa shape index (κ2) is 12.7. The molecule has 2 aliphatic rings. The van der Waals surface area contributed by atoms with Crippen LogP contribution in [-0.2, 0) is 11.3 Å². The highest BCUT2D eigenvalue weighted by atomic mass is 127. The summed E-state index contributed by atoms with van der Waals surface area (Å²) in [6, 6.07) is 4.06. The van der Waals surface area contributed by atoms with E-state index >= 15 is 0 Å². The Bertz CT molecular complexity index is 725. The van der Waals surface area contributed by atoms with Crippen LogP contribution in [-0.4, -0.2) is 90.6 Å². The summed E-state index contributed by atoms with van der Waals surface area (Å²) in [5.74, 6) is 3.04. The maximum Gasteiger partial charge on any atom is 0.203 e. The summed E-state index contributed by atoms with van der Waals surface area (Å²) in [7, 11) is 8.58. The number of ether oxygens (including phenoxy) is 4. The lowest BCUT2D eigenvalue weighted by Crippen LogP contribution is -2.52. The fourth-order valence-electron chi connectivity index (χ4n) is 4.21. The normalized spacial score (nSPS) is 18.0. The summed E-state index contributed by atoms with van der Waals surface area (Å²) in [5, 5.41) is 3.61. The summed E-state index contributed by atoms with van der Waals surface area (Å²) in [4.78, 5) is 9.34. The molecule has 0 spiro atoms. The maximum atomic E-state index is 5.49.